The first kappa shape index (κ1) is 17.0. The van der Waals surface area contributed by atoms with E-state index in [1.165, 1.54) is 0 Å². The average molecular weight is 428 g/mol. The summed E-state index contributed by atoms with van der Waals surface area (Å²) in [5, 5.41) is 0. The standard InChI is InChI=1S/C13H26NO3Si2Te/c1-18(2,3)11-12-20(4)13-19-15-8-5-14(6-9-16-19)7-10-17-19/h5-10,13H2,1-4H3/q+1. The van der Waals surface area contributed by atoms with Crippen molar-refractivity contribution in [2.45, 2.75) is 28.7 Å². The molecule has 0 spiro atoms. The Morgan fingerprint density at radius 3 is 2.00 bits per heavy atom. The summed E-state index contributed by atoms with van der Waals surface area (Å²) >= 11 is -1.46. The van der Waals surface area contributed by atoms with Crippen molar-refractivity contribution in [3.63, 3.8) is 0 Å². The molecule has 114 valence electrons. The third kappa shape index (κ3) is 5.43. The Morgan fingerprint density at radius 1 is 1.05 bits per heavy atom. The second-order valence-electron chi connectivity index (χ2n) is 6.33. The van der Waals surface area contributed by atoms with E-state index in [9.17, 15) is 0 Å². The molecule has 0 saturated carbocycles. The van der Waals surface area contributed by atoms with Crippen LogP contribution in [-0.2, 0) is 13.3 Å². The van der Waals surface area contributed by atoms with Gasteiger partial charge in [-0.2, -0.15) is 0 Å². The van der Waals surface area contributed by atoms with Gasteiger partial charge in [0.05, 0.1) is 0 Å². The van der Waals surface area contributed by atoms with Crippen LogP contribution in [0.15, 0.2) is 0 Å². The number of rotatable bonds is 2. The molecule has 3 heterocycles. The monoisotopic (exact) mass is 430 g/mol. The van der Waals surface area contributed by atoms with Gasteiger partial charge in [-0.3, -0.25) is 0 Å². The molecule has 0 aliphatic carbocycles. The first-order valence-corrected chi connectivity index (χ1v) is 17.8. The van der Waals surface area contributed by atoms with Crippen LogP contribution in [-0.4, -0.2) is 80.8 Å². The summed E-state index contributed by atoms with van der Waals surface area (Å²) in [6, 6.07) is 0. The maximum atomic E-state index is 6.08. The first-order valence-electron chi connectivity index (χ1n) is 7.18. The predicted molar refractivity (Wildman–Crippen MR) is 87.6 cm³/mol. The number of hydrogen-bond donors (Lipinski definition) is 0. The fourth-order valence-corrected chi connectivity index (χ4v) is 16.3. The Balaban J connectivity index is 2.01. The Labute approximate surface area is 132 Å². The molecule has 0 aromatic rings. The average Bonchev–Trinajstić information content (AvgIpc) is 2.27. The molecule has 4 nitrogen and oxygen atoms in total. The molecule has 0 radical (unpaired) electrons. The van der Waals surface area contributed by atoms with Gasteiger partial charge in [0, 0.05) is 0 Å². The number of hydrogen-bond acceptors (Lipinski definition) is 4. The summed E-state index contributed by atoms with van der Waals surface area (Å²) in [7, 11) is -3.70. The summed E-state index contributed by atoms with van der Waals surface area (Å²) in [6.07, 6.45) is 0. The van der Waals surface area contributed by atoms with Crippen molar-refractivity contribution >= 4 is 36.4 Å². The molecule has 3 aliphatic heterocycles. The van der Waals surface area contributed by atoms with Crippen molar-refractivity contribution in [3.8, 4) is 9.51 Å². The molecular formula is C13H26NO3Si2Te+. The van der Waals surface area contributed by atoms with Crippen LogP contribution in [0.5, 0.6) is 0 Å². The molecule has 0 aromatic heterocycles. The van der Waals surface area contributed by atoms with E-state index in [2.05, 4.69) is 39.0 Å². The normalized spacial score (nSPS) is 31.1. The molecule has 0 unspecified atom stereocenters. The SMILES string of the molecule is C[Te+](C#C[Si](C)(C)C)C[Si]12OCCN(CCO1)CCO2. The van der Waals surface area contributed by atoms with E-state index in [4.69, 9.17) is 13.3 Å². The van der Waals surface area contributed by atoms with E-state index in [0.717, 1.165) is 43.5 Å². The Hall–Kier alpha value is 0.623. The Morgan fingerprint density at radius 2 is 1.55 bits per heavy atom. The van der Waals surface area contributed by atoms with Gasteiger partial charge in [0.2, 0.25) is 0 Å². The molecule has 20 heavy (non-hydrogen) atoms. The van der Waals surface area contributed by atoms with Crippen LogP contribution in [0.2, 0.25) is 28.7 Å². The van der Waals surface area contributed by atoms with Gasteiger partial charge in [-0.15, -0.1) is 0 Å². The van der Waals surface area contributed by atoms with Crippen LogP contribution in [0, 0.1) is 9.51 Å². The van der Waals surface area contributed by atoms with Gasteiger partial charge < -0.3 is 0 Å². The fraction of sp³-hybridized carbons (Fsp3) is 0.846. The van der Waals surface area contributed by atoms with Crippen molar-refractivity contribution in [2.24, 2.45) is 0 Å². The van der Waals surface area contributed by atoms with Crippen LogP contribution >= 0.6 is 0 Å². The van der Waals surface area contributed by atoms with E-state index in [1.54, 1.807) is 0 Å². The Bertz CT molecular complexity index is 365. The zero-order chi connectivity index (χ0) is 14.6. The van der Waals surface area contributed by atoms with Crippen LogP contribution < -0.4 is 0 Å². The first-order chi connectivity index (χ1) is 9.39. The van der Waals surface area contributed by atoms with Gasteiger partial charge in [-0.1, -0.05) is 0 Å². The molecule has 0 atom stereocenters. The zero-order valence-corrected chi connectivity index (χ0v) is 17.4. The number of fused-ring (bicyclic) bond motifs is 6. The number of nitrogens with zero attached hydrogens (tertiary/aromatic N) is 1. The molecule has 3 fully saturated rings. The van der Waals surface area contributed by atoms with E-state index >= 15 is 0 Å². The van der Waals surface area contributed by atoms with Crippen molar-refractivity contribution < 1.29 is 13.3 Å². The third-order valence-corrected chi connectivity index (χ3v) is 15.4. The minimum absolute atomic E-state index is 0.750. The minimum atomic E-state index is -2.42. The molecule has 3 aliphatic rings. The van der Waals surface area contributed by atoms with Crippen LogP contribution in [0.3, 0.4) is 0 Å². The molecule has 3 rings (SSSR count). The summed E-state index contributed by atoms with van der Waals surface area (Å²) in [5.41, 5.74) is 3.52. The van der Waals surface area contributed by atoms with Gasteiger partial charge in [0.25, 0.3) is 0 Å². The Kier molecular flexibility index (Phi) is 6.16. The second-order valence-corrected chi connectivity index (χ2v) is 20.3. The van der Waals surface area contributed by atoms with Gasteiger partial charge in [-0.25, -0.2) is 0 Å². The fourth-order valence-electron chi connectivity index (χ4n) is 2.12. The molecule has 7 heteroatoms. The second kappa shape index (κ2) is 7.26. The van der Waals surface area contributed by atoms with Crippen molar-refractivity contribution in [1.82, 2.24) is 4.90 Å². The molecular weight excluding hydrogens is 402 g/mol. The van der Waals surface area contributed by atoms with E-state index in [1.807, 2.05) is 0 Å². The quantitative estimate of drug-likeness (QED) is 0.492. The van der Waals surface area contributed by atoms with Crippen LogP contribution in [0.1, 0.15) is 0 Å². The van der Waals surface area contributed by atoms with Crippen molar-refractivity contribution in [3.05, 3.63) is 0 Å². The summed E-state index contributed by atoms with van der Waals surface area (Å²) in [4.78, 5) is 4.68. The molecule has 2 bridgehead atoms. The topological polar surface area (TPSA) is 30.9 Å². The van der Waals surface area contributed by atoms with E-state index in [-0.39, 0.29) is 0 Å². The van der Waals surface area contributed by atoms with Gasteiger partial charge in [0.15, 0.2) is 0 Å². The van der Waals surface area contributed by atoms with Gasteiger partial charge >= 0.3 is 132 Å². The third-order valence-electron chi connectivity index (χ3n) is 3.18. The summed E-state index contributed by atoms with van der Waals surface area (Å²) in [5.74, 6) is 0. The van der Waals surface area contributed by atoms with Crippen LogP contribution in [0.25, 0.3) is 0 Å². The van der Waals surface area contributed by atoms with E-state index in [0.29, 0.717) is 0 Å². The van der Waals surface area contributed by atoms with Gasteiger partial charge in [0.1, 0.15) is 0 Å². The summed E-state index contributed by atoms with van der Waals surface area (Å²) in [6.45, 7) is 12.2. The van der Waals surface area contributed by atoms with Gasteiger partial charge in [-0.05, 0) is 0 Å². The molecule has 3 saturated heterocycles. The zero-order valence-electron chi connectivity index (χ0n) is 13.0. The molecule has 0 amide bonds. The molecule has 0 N–H and O–H groups in total. The van der Waals surface area contributed by atoms with Crippen molar-refractivity contribution in [2.75, 3.05) is 39.5 Å². The van der Waals surface area contributed by atoms with Crippen molar-refractivity contribution in [1.29, 1.82) is 0 Å². The van der Waals surface area contributed by atoms with E-state index < -0.39 is 36.4 Å². The molecule has 0 aromatic carbocycles. The summed E-state index contributed by atoms with van der Waals surface area (Å²) < 4.78 is 22.8. The predicted octanol–water partition coefficient (Wildman–Crippen LogP) is 1.39. The van der Waals surface area contributed by atoms with Crippen LogP contribution in [0.4, 0.5) is 0 Å². The maximum absolute atomic E-state index is 6.08.